The molecular formula is C14H19NO2S. The van der Waals surface area contributed by atoms with Crippen LogP contribution in [-0.2, 0) is 9.84 Å². The van der Waals surface area contributed by atoms with Crippen LogP contribution in [0.5, 0.6) is 0 Å². The molecule has 1 heterocycles. The van der Waals surface area contributed by atoms with Crippen LogP contribution in [0.3, 0.4) is 0 Å². The second-order valence-corrected chi connectivity index (χ2v) is 7.68. The van der Waals surface area contributed by atoms with E-state index in [4.69, 9.17) is 0 Å². The Morgan fingerprint density at radius 2 is 1.89 bits per heavy atom. The molecule has 18 heavy (non-hydrogen) atoms. The van der Waals surface area contributed by atoms with Crippen LogP contribution < -0.4 is 5.32 Å². The predicted molar refractivity (Wildman–Crippen MR) is 71.2 cm³/mol. The van der Waals surface area contributed by atoms with Gasteiger partial charge in [0.1, 0.15) is 0 Å². The first-order chi connectivity index (χ1) is 8.60. The summed E-state index contributed by atoms with van der Waals surface area (Å²) in [5, 5.41) is 3.30. The second-order valence-electron chi connectivity index (χ2n) is 5.48. The highest BCUT2D eigenvalue weighted by molar-refractivity contribution is 7.92. The molecule has 2 atom stereocenters. The normalized spacial score (nSPS) is 28.5. The average Bonchev–Trinajstić information content (AvgIpc) is 3.13. The van der Waals surface area contributed by atoms with Crippen LogP contribution in [0.1, 0.15) is 37.8 Å². The summed E-state index contributed by atoms with van der Waals surface area (Å²) in [6.45, 7) is 3.16. The molecule has 1 aromatic carbocycles. The molecule has 2 aliphatic rings. The van der Waals surface area contributed by atoms with Crippen LogP contribution in [0, 0.1) is 5.92 Å². The van der Waals surface area contributed by atoms with Crippen LogP contribution >= 0.6 is 0 Å². The highest BCUT2D eigenvalue weighted by atomic mass is 32.2. The molecule has 2 fully saturated rings. The van der Waals surface area contributed by atoms with Crippen molar-refractivity contribution >= 4 is 9.84 Å². The van der Waals surface area contributed by atoms with Crippen molar-refractivity contribution < 1.29 is 8.42 Å². The van der Waals surface area contributed by atoms with Crippen molar-refractivity contribution in [1.29, 1.82) is 0 Å². The zero-order valence-corrected chi connectivity index (χ0v) is 11.4. The smallest absolute Gasteiger partial charge is 0.181 e. The lowest BCUT2D eigenvalue weighted by Crippen LogP contribution is -2.20. The van der Waals surface area contributed by atoms with Gasteiger partial charge in [-0.1, -0.05) is 25.1 Å². The molecule has 0 amide bonds. The highest BCUT2D eigenvalue weighted by Crippen LogP contribution is 2.39. The Kier molecular flexibility index (Phi) is 2.94. The molecule has 3 nitrogen and oxygen atoms in total. The minimum atomic E-state index is -3.10. The van der Waals surface area contributed by atoms with Crippen molar-refractivity contribution in [3.8, 4) is 0 Å². The number of rotatable bonds is 3. The van der Waals surface area contributed by atoms with E-state index in [1.165, 1.54) is 0 Å². The summed E-state index contributed by atoms with van der Waals surface area (Å²) in [5.41, 5.74) is 0.967. The first-order valence-electron chi connectivity index (χ1n) is 6.67. The van der Waals surface area contributed by atoms with Crippen molar-refractivity contribution in [3.63, 3.8) is 0 Å². The van der Waals surface area contributed by atoms with Gasteiger partial charge in [0.25, 0.3) is 0 Å². The molecule has 0 spiro atoms. The Morgan fingerprint density at radius 1 is 1.17 bits per heavy atom. The Bertz CT molecular complexity index is 549. The van der Waals surface area contributed by atoms with Crippen LogP contribution in [0.25, 0.3) is 0 Å². The van der Waals surface area contributed by atoms with Crippen LogP contribution in [-0.4, -0.2) is 20.2 Å². The second kappa shape index (κ2) is 4.35. The van der Waals surface area contributed by atoms with E-state index in [1.54, 1.807) is 6.07 Å². The summed E-state index contributed by atoms with van der Waals surface area (Å²) < 4.78 is 24.9. The molecule has 1 aliphatic carbocycles. The molecule has 1 aromatic rings. The molecular weight excluding hydrogens is 246 g/mol. The van der Waals surface area contributed by atoms with Gasteiger partial charge >= 0.3 is 0 Å². The van der Waals surface area contributed by atoms with E-state index >= 15 is 0 Å². The lowest BCUT2D eigenvalue weighted by molar-refractivity contribution is 0.494. The van der Waals surface area contributed by atoms with Crippen molar-refractivity contribution in [2.45, 2.75) is 42.4 Å². The summed E-state index contributed by atoms with van der Waals surface area (Å²) >= 11 is 0. The number of sulfone groups is 1. The third-order valence-corrected chi connectivity index (χ3v) is 6.39. The first kappa shape index (κ1) is 12.2. The van der Waals surface area contributed by atoms with Gasteiger partial charge in [-0.3, -0.25) is 0 Å². The third kappa shape index (κ3) is 1.97. The van der Waals surface area contributed by atoms with Crippen molar-refractivity contribution in [3.05, 3.63) is 29.8 Å². The fraction of sp³-hybridized carbons (Fsp3) is 0.571. The number of hydrogen-bond donors (Lipinski definition) is 1. The van der Waals surface area contributed by atoms with Gasteiger partial charge in [-0.2, -0.15) is 0 Å². The maximum atomic E-state index is 12.5. The van der Waals surface area contributed by atoms with E-state index in [2.05, 4.69) is 12.2 Å². The summed E-state index contributed by atoms with van der Waals surface area (Å²) in [4.78, 5) is 0.554. The highest BCUT2D eigenvalue weighted by Gasteiger charge is 2.39. The van der Waals surface area contributed by atoms with Crippen molar-refractivity contribution in [1.82, 2.24) is 5.32 Å². The minimum absolute atomic E-state index is 0.129. The van der Waals surface area contributed by atoms with Gasteiger partial charge in [0.2, 0.25) is 0 Å². The maximum Gasteiger partial charge on any atom is 0.181 e. The molecule has 2 unspecified atom stereocenters. The monoisotopic (exact) mass is 265 g/mol. The van der Waals surface area contributed by atoms with Gasteiger partial charge < -0.3 is 5.32 Å². The number of benzene rings is 1. The van der Waals surface area contributed by atoms with Crippen LogP contribution in [0.2, 0.25) is 0 Å². The largest absolute Gasteiger partial charge is 0.310 e. The summed E-state index contributed by atoms with van der Waals surface area (Å²) in [7, 11) is -3.10. The van der Waals surface area contributed by atoms with Crippen LogP contribution in [0.15, 0.2) is 29.2 Å². The Balaban J connectivity index is 2.05. The Morgan fingerprint density at radius 3 is 2.50 bits per heavy atom. The number of nitrogens with one attached hydrogen (secondary N) is 1. The molecule has 0 bridgehead atoms. The molecule has 1 N–H and O–H groups in total. The standard InChI is InChI=1S/C14H19NO2S/c1-10-8-9-15-14(10)12-4-2-3-5-13(12)18(16,17)11-6-7-11/h2-5,10-11,14-15H,6-9H2,1H3. The number of hydrogen-bond acceptors (Lipinski definition) is 3. The summed E-state index contributed by atoms with van der Waals surface area (Å²) in [6.07, 6.45) is 2.76. The zero-order valence-electron chi connectivity index (χ0n) is 10.6. The van der Waals surface area contributed by atoms with E-state index in [9.17, 15) is 8.42 Å². The van der Waals surface area contributed by atoms with Crippen molar-refractivity contribution in [2.24, 2.45) is 5.92 Å². The van der Waals surface area contributed by atoms with Gasteiger partial charge in [0.15, 0.2) is 9.84 Å². The average molecular weight is 265 g/mol. The molecule has 4 heteroatoms. The van der Waals surface area contributed by atoms with Gasteiger partial charge in [0.05, 0.1) is 10.1 Å². The quantitative estimate of drug-likeness (QED) is 0.912. The first-order valence-corrected chi connectivity index (χ1v) is 8.21. The third-order valence-electron chi connectivity index (χ3n) is 4.06. The van der Waals surface area contributed by atoms with Gasteiger partial charge in [-0.05, 0) is 43.4 Å². The van der Waals surface area contributed by atoms with E-state index in [-0.39, 0.29) is 11.3 Å². The Hall–Kier alpha value is -0.870. The minimum Gasteiger partial charge on any atom is -0.310 e. The lowest BCUT2D eigenvalue weighted by Gasteiger charge is -2.19. The fourth-order valence-corrected chi connectivity index (χ4v) is 4.71. The van der Waals surface area contributed by atoms with Gasteiger partial charge in [-0.15, -0.1) is 0 Å². The molecule has 0 aromatic heterocycles. The molecule has 0 radical (unpaired) electrons. The summed E-state index contributed by atoms with van der Waals surface area (Å²) in [5.74, 6) is 0.501. The van der Waals surface area contributed by atoms with E-state index in [0.29, 0.717) is 10.8 Å². The fourth-order valence-electron chi connectivity index (χ4n) is 2.81. The van der Waals surface area contributed by atoms with Gasteiger partial charge in [-0.25, -0.2) is 8.42 Å². The predicted octanol–water partition coefficient (Wildman–Crippen LogP) is 2.29. The molecule has 3 rings (SSSR count). The topological polar surface area (TPSA) is 46.2 Å². The molecule has 1 saturated carbocycles. The maximum absolute atomic E-state index is 12.5. The van der Waals surface area contributed by atoms with E-state index in [1.807, 2.05) is 18.2 Å². The molecule has 1 aliphatic heterocycles. The van der Waals surface area contributed by atoms with Crippen molar-refractivity contribution in [2.75, 3.05) is 6.54 Å². The SMILES string of the molecule is CC1CCNC1c1ccccc1S(=O)(=O)C1CC1. The van der Waals surface area contributed by atoms with E-state index < -0.39 is 9.84 Å². The lowest BCUT2D eigenvalue weighted by atomic mass is 9.96. The van der Waals surface area contributed by atoms with Crippen LogP contribution in [0.4, 0.5) is 0 Å². The Labute approximate surface area is 109 Å². The molecule has 1 saturated heterocycles. The summed E-state index contributed by atoms with van der Waals surface area (Å²) in [6, 6.07) is 7.70. The zero-order chi connectivity index (χ0) is 12.8. The van der Waals surface area contributed by atoms with Gasteiger partial charge in [0, 0.05) is 6.04 Å². The molecule has 98 valence electrons. The van der Waals surface area contributed by atoms with E-state index in [0.717, 1.165) is 31.4 Å².